The Morgan fingerprint density at radius 2 is 2.16 bits per heavy atom. The minimum absolute atomic E-state index is 0.0518. The number of ether oxygens (including phenoxy) is 2. The molecule has 0 radical (unpaired) electrons. The number of halogens is 3. The van der Waals surface area contributed by atoms with Crippen LogP contribution in [0.3, 0.4) is 0 Å². The van der Waals surface area contributed by atoms with Gasteiger partial charge in [0.15, 0.2) is 0 Å². The molecule has 3 heterocycles. The molecule has 12 heteroatoms. The Morgan fingerprint density at radius 1 is 1.34 bits per heavy atom. The Morgan fingerprint density at radius 3 is 2.84 bits per heavy atom. The van der Waals surface area contributed by atoms with Crippen molar-refractivity contribution in [2.24, 2.45) is 0 Å². The van der Waals surface area contributed by atoms with Crippen molar-refractivity contribution in [1.29, 1.82) is 0 Å². The summed E-state index contributed by atoms with van der Waals surface area (Å²) in [6, 6.07) is 3.36. The highest BCUT2D eigenvalue weighted by molar-refractivity contribution is 5.88. The van der Waals surface area contributed by atoms with E-state index < -0.39 is 11.7 Å². The molecule has 1 fully saturated rings. The Bertz CT molecular complexity index is 1130. The minimum atomic E-state index is -4.58. The Labute approximate surface area is 180 Å². The number of hydrogen-bond acceptors (Lipinski definition) is 8. The third-order valence-corrected chi connectivity index (χ3v) is 5.10. The predicted molar refractivity (Wildman–Crippen MR) is 109 cm³/mol. The summed E-state index contributed by atoms with van der Waals surface area (Å²) in [6.45, 7) is 1.33. The average Bonchev–Trinajstić information content (AvgIpc) is 3.20. The molecule has 0 bridgehead atoms. The normalized spacial score (nSPS) is 16.8. The van der Waals surface area contributed by atoms with Crippen LogP contribution in [-0.2, 0) is 15.7 Å². The highest BCUT2D eigenvalue weighted by Crippen LogP contribution is 2.38. The summed E-state index contributed by atoms with van der Waals surface area (Å²) >= 11 is 0. The molecule has 1 atom stereocenters. The molecule has 1 unspecified atom stereocenters. The van der Waals surface area contributed by atoms with Gasteiger partial charge >= 0.3 is 6.18 Å². The minimum Gasteiger partial charge on any atom is -0.495 e. The van der Waals surface area contributed by atoms with Crippen LogP contribution in [0, 0.1) is 0 Å². The zero-order valence-corrected chi connectivity index (χ0v) is 17.2. The molecule has 1 saturated heterocycles. The first-order chi connectivity index (χ1) is 15.3. The monoisotopic (exact) mass is 451 g/mol. The van der Waals surface area contributed by atoms with E-state index in [1.54, 1.807) is 23.3 Å². The number of fused-ring (bicyclic) bond motifs is 1. The molecule has 4 rings (SSSR count). The van der Waals surface area contributed by atoms with Crippen molar-refractivity contribution in [3.05, 3.63) is 35.7 Å². The van der Waals surface area contributed by atoms with Crippen molar-refractivity contribution < 1.29 is 31.9 Å². The number of carbonyl (C=O) groups excluding carboxylic acids is 1. The van der Waals surface area contributed by atoms with Gasteiger partial charge in [-0.3, -0.25) is 4.79 Å². The van der Waals surface area contributed by atoms with Crippen LogP contribution in [0.2, 0.25) is 0 Å². The Balaban J connectivity index is 1.66. The van der Waals surface area contributed by atoms with Crippen LogP contribution in [0.4, 0.5) is 30.6 Å². The zero-order chi connectivity index (χ0) is 22.9. The molecular weight excluding hydrogens is 431 g/mol. The maximum atomic E-state index is 13.1. The van der Waals surface area contributed by atoms with Crippen LogP contribution in [-0.4, -0.2) is 55.1 Å². The molecule has 32 heavy (non-hydrogen) atoms. The largest absolute Gasteiger partial charge is 0.495 e. The summed E-state index contributed by atoms with van der Waals surface area (Å²) in [5.41, 5.74) is 0.692. The molecule has 0 aliphatic carbocycles. The first-order valence-electron chi connectivity index (χ1n) is 9.63. The lowest BCUT2D eigenvalue weighted by Crippen LogP contribution is -2.37. The highest BCUT2D eigenvalue weighted by Gasteiger charge is 2.35. The summed E-state index contributed by atoms with van der Waals surface area (Å²) < 4.78 is 56.2. The Hall–Kier alpha value is -3.54. The number of hydrogen-bond donors (Lipinski definition) is 2. The molecule has 1 aliphatic rings. The molecule has 170 valence electrons. The second-order valence-electron chi connectivity index (χ2n) is 7.03. The van der Waals surface area contributed by atoms with E-state index in [0.29, 0.717) is 42.9 Å². The van der Waals surface area contributed by atoms with E-state index in [2.05, 4.69) is 20.6 Å². The van der Waals surface area contributed by atoms with Gasteiger partial charge in [0, 0.05) is 36.8 Å². The van der Waals surface area contributed by atoms with Crippen molar-refractivity contribution in [3.8, 4) is 5.75 Å². The van der Waals surface area contributed by atoms with Crippen LogP contribution < -0.4 is 15.4 Å². The van der Waals surface area contributed by atoms with Gasteiger partial charge < -0.3 is 29.4 Å². The zero-order valence-electron chi connectivity index (χ0n) is 17.2. The lowest BCUT2D eigenvalue weighted by Gasteiger charge is -2.29. The van der Waals surface area contributed by atoms with Gasteiger partial charge in [-0.25, -0.2) is 4.98 Å². The highest BCUT2D eigenvalue weighted by atomic mass is 19.4. The van der Waals surface area contributed by atoms with Gasteiger partial charge in [0.2, 0.25) is 12.4 Å². The molecule has 3 aromatic rings. The van der Waals surface area contributed by atoms with E-state index in [9.17, 15) is 18.0 Å². The number of carbonyl (C=O) groups is 1. The summed E-state index contributed by atoms with van der Waals surface area (Å²) in [5, 5.41) is 6.04. The number of rotatable bonds is 6. The quantitative estimate of drug-likeness (QED) is 0.549. The Kier molecular flexibility index (Phi) is 5.78. The van der Waals surface area contributed by atoms with Crippen molar-refractivity contribution >= 4 is 34.8 Å². The van der Waals surface area contributed by atoms with Crippen LogP contribution in [0.25, 0.3) is 11.0 Å². The number of benzene rings is 1. The van der Waals surface area contributed by atoms with Gasteiger partial charge in [0.05, 0.1) is 32.2 Å². The molecule has 0 saturated carbocycles. The topological polar surface area (TPSA) is 102 Å². The number of nitrogens with one attached hydrogen (secondary N) is 2. The fraction of sp³-hybridized carbons (Fsp3) is 0.350. The van der Waals surface area contributed by atoms with E-state index in [0.717, 1.165) is 17.4 Å². The van der Waals surface area contributed by atoms with E-state index in [-0.39, 0.29) is 17.9 Å². The molecule has 1 amide bonds. The molecule has 1 aliphatic heterocycles. The van der Waals surface area contributed by atoms with Gasteiger partial charge in [-0.05, 0) is 6.07 Å². The molecule has 0 spiro atoms. The maximum absolute atomic E-state index is 13.1. The molecule has 1 aromatic carbocycles. The lowest BCUT2D eigenvalue weighted by atomic mass is 10.1. The molecular formula is C20H20F3N5O4. The van der Waals surface area contributed by atoms with E-state index in [1.165, 1.54) is 14.2 Å². The van der Waals surface area contributed by atoms with Crippen molar-refractivity contribution in [2.75, 3.05) is 44.5 Å². The summed E-state index contributed by atoms with van der Waals surface area (Å²) in [5.74, 6) is -0.00811. The maximum Gasteiger partial charge on any atom is 0.421 e. The SMILES string of the molecule is CNc1nc(Nc2cc3occ(C4CN(C=O)CCO4)c3cc2OC)ncc1C(F)(F)F. The molecule has 2 N–H and O–H groups in total. The van der Waals surface area contributed by atoms with Crippen molar-refractivity contribution in [1.82, 2.24) is 14.9 Å². The summed E-state index contributed by atoms with van der Waals surface area (Å²) in [4.78, 5) is 20.4. The molecule has 2 aromatic heterocycles. The number of aromatic nitrogens is 2. The second-order valence-corrected chi connectivity index (χ2v) is 7.03. The van der Waals surface area contributed by atoms with Gasteiger partial charge in [-0.1, -0.05) is 0 Å². The van der Waals surface area contributed by atoms with Gasteiger partial charge in [0.1, 0.15) is 28.8 Å². The fourth-order valence-corrected chi connectivity index (χ4v) is 3.50. The first-order valence-corrected chi connectivity index (χ1v) is 9.63. The lowest BCUT2D eigenvalue weighted by molar-refractivity contribution is -0.137. The number of morpholine rings is 1. The van der Waals surface area contributed by atoms with Crippen molar-refractivity contribution in [3.63, 3.8) is 0 Å². The number of alkyl halides is 3. The van der Waals surface area contributed by atoms with E-state index in [4.69, 9.17) is 13.9 Å². The fourth-order valence-electron chi connectivity index (χ4n) is 3.50. The number of nitrogens with zero attached hydrogens (tertiary/aromatic N) is 3. The van der Waals surface area contributed by atoms with Crippen LogP contribution in [0.1, 0.15) is 17.2 Å². The standard InChI is InChI=1S/C20H20F3N5O4/c1-24-18-13(20(21,22)23)7-25-19(27-18)26-14-6-15-11(5-16(14)30-2)12(9-32-15)17-8-28(10-29)3-4-31-17/h5-7,9-10,17H,3-4,8H2,1-2H3,(H2,24,25,26,27). The smallest absolute Gasteiger partial charge is 0.421 e. The number of amides is 1. The van der Waals surface area contributed by atoms with E-state index >= 15 is 0 Å². The van der Waals surface area contributed by atoms with Gasteiger partial charge in [-0.15, -0.1) is 0 Å². The van der Waals surface area contributed by atoms with Crippen LogP contribution >= 0.6 is 0 Å². The third kappa shape index (κ3) is 4.13. The van der Waals surface area contributed by atoms with Gasteiger partial charge in [0.25, 0.3) is 0 Å². The van der Waals surface area contributed by atoms with Crippen LogP contribution in [0.15, 0.2) is 29.0 Å². The van der Waals surface area contributed by atoms with Gasteiger partial charge in [-0.2, -0.15) is 18.2 Å². The summed E-state index contributed by atoms with van der Waals surface area (Å²) in [6.07, 6.45) is -1.89. The first kappa shape index (κ1) is 21.7. The number of furan rings is 1. The van der Waals surface area contributed by atoms with E-state index in [1.807, 2.05) is 0 Å². The van der Waals surface area contributed by atoms with Crippen LogP contribution in [0.5, 0.6) is 5.75 Å². The molecule has 9 nitrogen and oxygen atoms in total. The predicted octanol–water partition coefficient (Wildman–Crippen LogP) is 3.57. The average molecular weight is 451 g/mol. The third-order valence-electron chi connectivity index (χ3n) is 5.10. The number of anilines is 3. The summed E-state index contributed by atoms with van der Waals surface area (Å²) in [7, 11) is 2.81. The second kappa shape index (κ2) is 8.54. The van der Waals surface area contributed by atoms with Crippen molar-refractivity contribution in [2.45, 2.75) is 12.3 Å². The number of methoxy groups -OCH3 is 1.